The van der Waals surface area contributed by atoms with Gasteiger partial charge in [-0.15, -0.1) is 0 Å². The summed E-state index contributed by atoms with van der Waals surface area (Å²) in [6.07, 6.45) is 2.30. The lowest BCUT2D eigenvalue weighted by Gasteiger charge is -2.14. The number of unbranched alkanes of at least 4 members (excludes halogenated alkanes) is 1. The van der Waals surface area contributed by atoms with Crippen LogP contribution in [0, 0.1) is 0 Å². The van der Waals surface area contributed by atoms with Gasteiger partial charge in [0.2, 0.25) is 0 Å². The van der Waals surface area contributed by atoms with Crippen molar-refractivity contribution in [1.82, 2.24) is 5.32 Å². The van der Waals surface area contributed by atoms with E-state index in [0.717, 1.165) is 30.3 Å². The maximum atomic E-state index is 10.9. The highest BCUT2D eigenvalue weighted by Crippen LogP contribution is 2.11. The van der Waals surface area contributed by atoms with E-state index in [2.05, 4.69) is 10.3 Å². The maximum Gasteiger partial charge on any atom is 0.326 e. The van der Waals surface area contributed by atoms with E-state index in [0.29, 0.717) is 13.0 Å². The fourth-order valence-electron chi connectivity index (χ4n) is 1.32. The molecule has 0 saturated carbocycles. The Morgan fingerprint density at radius 1 is 1.67 bits per heavy atom. The largest absolute Gasteiger partial charge is 0.480 e. The zero-order valence-corrected chi connectivity index (χ0v) is 9.42. The molecular weight excluding hydrogens is 214 g/mol. The van der Waals surface area contributed by atoms with Crippen molar-refractivity contribution in [2.45, 2.75) is 25.3 Å². The lowest BCUT2D eigenvalue weighted by atomic mass is 10.1. The average molecular weight is 231 g/mol. The predicted molar refractivity (Wildman–Crippen MR) is 62.2 cm³/mol. The molecular formula is C9H17N3O2S. The van der Waals surface area contributed by atoms with Crippen LogP contribution in [0.4, 0.5) is 0 Å². The summed E-state index contributed by atoms with van der Waals surface area (Å²) >= 11 is 1.58. The molecule has 1 aliphatic rings. The molecule has 86 valence electrons. The predicted octanol–water partition coefficient (Wildman–Crippen LogP) is 0.261. The SMILES string of the molecule is NCCCC[C@H](NC1=NCCS1)C(=O)O. The van der Waals surface area contributed by atoms with Gasteiger partial charge < -0.3 is 16.2 Å². The van der Waals surface area contributed by atoms with Gasteiger partial charge in [-0.1, -0.05) is 11.8 Å². The molecule has 5 nitrogen and oxygen atoms in total. The quantitative estimate of drug-likeness (QED) is 0.571. The summed E-state index contributed by atoms with van der Waals surface area (Å²) < 4.78 is 0. The van der Waals surface area contributed by atoms with Crippen LogP contribution in [0.2, 0.25) is 0 Å². The second kappa shape index (κ2) is 6.68. The Balaban J connectivity index is 2.32. The third kappa shape index (κ3) is 4.53. The molecule has 0 spiro atoms. The Labute approximate surface area is 93.5 Å². The molecule has 1 atom stereocenters. The molecule has 4 N–H and O–H groups in total. The minimum absolute atomic E-state index is 0.527. The monoisotopic (exact) mass is 231 g/mol. The molecule has 0 bridgehead atoms. The zero-order chi connectivity index (χ0) is 11.1. The second-order valence-corrected chi connectivity index (χ2v) is 4.44. The van der Waals surface area contributed by atoms with Crippen molar-refractivity contribution in [2.75, 3.05) is 18.8 Å². The van der Waals surface area contributed by atoms with Crippen molar-refractivity contribution < 1.29 is 9.90 Å². The van der Waals surface area contributed by atoms with E-state index in [4.69, 9.17) is 10.8 Å². The number of carboxylic acids is 1. The molecule has 0 radical (unpaired) electrons. The summed E-state index contributed by atoms with van der Waals surface area (Å²) in [5.41, 5.74) is 5.36. The maximum absolute atomic E-state index is 10.9. The van der Waals surface area contributed by atoms with Gasteiger partial charge in [-0.05, 0) is 25.8 Å². The fraction of sp³-hybridized carbons (Fsp3) is 0.778. The van der Waals surface area contributed by atoms with Crippen molar-refractivity contribution in [1.29, 1.82) is 0 Å². The molecule has 0 aromatic carbocycles. The molecule has 0 amide bonds. The Hall–Kier alpha value is -0.750. The van der Waals surface area contributed by atoms with Crippen LogP contribution in [-0.4, -0.2) is 41.1 Å². The lowest BCUT2D eigenvalue weighted by Crippen LogP contribution is -2.39. The van der Waals surface area contributed by atoms with Crippen LogP contribution in [0.15, 0.2) is 4.99 Å². The number of nitrogens with zero attached hydrogens (tertiary/aromatic N) is 1. The Morgan fingerprint density at radius 2 is 2.47 bits per heavy atom. The first-order chi connectivity index (χ1) is 7.24. The third-order valence-electron chi connectivity index (χ3n) is 2.13. The molecule has 0 aromatic rings. The van der Waals surface area contributed by atoms with Crippen LogP contribution >= 0.6 is 11.8 Å². The van der Waals surface area contributed by atoms with E-state index in [1.807, 2.05) is 0 Å². The van der Waals surface area contributed by atoms with Crippen LogP contribution < -0.4 is 11.1 Å². The molecule has 1 aliphatic heterocycles. The second-order valence-electron chi connectivity index (χ2n) is 3.35. The van der Waals surface area contributed by atoms with E-state index in [-0.39, 0.29) is 0 Å². The summed E-state index contributed by atoms with van der Waals surface area (Å²) in [4.78, 5) is 15.1. The number of hydrogen-bond acceptors (Lipinski definition) is 5. The Kier molecular flexibility index (Phi) is 5.49. The van der Waals surface area contributed by atoms with Gasteiger partial charge in [-0.25, -0.2) is 4.79 Å². The van der Waals surface area contributed by atoms with E-state index >= 15 is 0 Å². The minimum atomic E-state index is -0.817. The van der Waals surface area contributed by atoms with Gasteiger partial charge in [0.15, 0.2) is 5.17 Å². The van der Waals surface area contributed by atoms with Crippen LogP contribution in [0.5, 0.6) is 0 Å². The van der Waals surface area contributed by atoms with Crippen molar-refractivity contribution in [2.24, 2.45) is 10.7 Å². The number of aliphatic carboxylic acids is 1. The summed E-state index contributed by atoms with van der Waals surface area (Å²) in [7, 11) is 0. The zero-order valence-electron chi connectivity index (χ0n) is 8.61. The van der Waals surface area contributed by atoms with E-state index in [1.54, 1.807) is 11.8 Å². The normalized spacial score (nSPS) is 17.3. The van der Waals surface area contributed by atoms with Gasteiger partial charge in [-0.2, -0.15) is 0 Å². The van der Waals surface area contributed by atoms with Crippen molar-refractivity contribution in [3.05, 3.63) is 0 Å². The lowest BCUT2D eigenvalue weighted by molar-refractivity contribution is -0.139. The summed E-state index contributed by atoms with van der Waals surface area (Å²) in [6, 6.07) is -0.527. The smallest absolute Gasteiger partial charge is 0.326 e. The van der Waals surface area contributed by atoms with Crippen LogP contribution in [0.25, 0.3) is 0 Å². The minimum Gasteiger partial charge on any atom is -0.480 e. The molecule has 1 heterocycles. The third-order valence-corrected chi connectivity index (χ3v) is 3.04. The van der Waals surface area contributed by atoms with Crippen LogP contribution in [0.1, 0.15) is 19.3 Å². The van der Waals surface area contributed by atoms with Gasteiger partial charge in [0.1, 0.15) is 6.04 Å². The molecule has 0 aliphatic carbocycles. The Morgan fingerprint density at radius 3 is 3.00 bits per heavy atom. The molecule has 0 fully saturated rings. The number of carboxylic acid groups (broad SMARTS) is 1. The molecule has 6 heteroatoms. The molecule has 1 rings (SSSR count). The molecule has 0 unspecified atom stereocenters. The molecule has 0 aromatic heterocycles. The van der Waals surface area contributed by atoms with Crippen molar-refractivity contribution in [3.63, 3.8) is 0 Å². The number of thioether (sulfide) groups is 1. The van der Waals surface area contributed by atoms with Gasteiger partial charge in [-0.3, -0.25) is 4.99 Å². The number of nitrogens with one attached hydrogen (secondary N) is 1. The van der Waals surface area contributed by atoms with Crippen molar-refractivity contribution >= 4 is 22.9 Å². The summed E-state index contributed by atoms with van der Waals surface area (Å²) in [6.45, 7) is 1.39. The van der Waals surface area contributed by atoms with E-state index < -0.39 is 12.0 Å². The average Bonchev–Trinajstić information content (AvgIpc) is 2.69. The highest BCUT2D eigenvalue weighted by Gasteiger charge is 2.19. The number of aliphatic imine (C=N–C) groups is 1. The van der Waals surface area contributed by atoms with Gasteiger partial charge >= 0.3 is 5.97 Å². The highest BCUT2D eigenvalue weighted by atomic mass is 32.2. The van der Waals surface area contributed by atoms with Crippen LogP contribution in [-0.2, 0) is 4.79 Å². The van der Waals surface area contributed by atoms with Crippen molar-refractivity contribution in [3.8, 4) is 0 Å². The van der Waals surface area contributed by atoms with Crippen LogP contribution in [0.3, 0.4) is 0 Å². The van der Waals surface area contributed by atoms with E-state index in [9.17, 15) is 4.79 Å². The number of amidine groups is 1. The number of hydrogen-bond donors (Lipinski definition) is 3. The van der Waals surface area contributed by atoms with Gasteiger partial charge in [0.05, 0.1) is 6.54 Å². The molecule has 0 saturated heterocycles. The Bertz CT molecular complexity index is 246. The number of rotatable bonds is 6. The van der Waals surface area contributed by atoms with Gasteiger partial charge in [0, 0.05) is 5.75 Å². The first kappa shape index (κ1) is 12.3. The van der Waals surface area contributed by atoms with E-state index in [1.165, 1.54) is 0 Å². The topological polar surface area (TPSA) is 87.7 Å². The first-order valence-corrected chi connectivity index (χ1v) is 6.09. The summed E-state index contributed by atoms with van der Waals surface area (Å²) in [5, 5.41) is 12.7. The number of nitrogens with two attached hydrogens (primary N) is 1. The molecule has 15 heavy (non-hydrogen) atoms. The fourth-order valence-corrected chi connectivity index (χ4v) is 2.11. The van der Waals surface area contributed by atoms with Gasteiger partial charge in [0.25, 0.3) is 0 Å². The first-order valence-electron chi connectivity index (χ1n) is 5.10. The number of carbonyl (C=O) groups is 1. The summed E-state index contributed by atoms with van der Waals surface area (Å²) in [5.74, 6) is 0.125. The standard InChI is InChI=1S/C9H17N3O2S/c10-4-2-1-3-7(8(13)14)12-9-11-5-6-15-9/h7H,1-6,10H2,(H,11,12)(H,13,14)/t7-/m0/s1. The highest BCUT2D eigenvalue weighted by molar-refractivity contribution is 8.14.